The molecule has 1 unspecified atom stereocenters. The van der Waals surface area contributed by atoms with Crippen molar-refractivity contribution >= 4 is 39.0 Å². The fourth-order valence-corrected chi connectivity index (χ4v) is 9.01. The van der Waals surface area contributed by atoms with E-state index >= 15 is 0 Å². The Bertz CT molecular complexity index is 2440. The highest BCUT2D eigenvalue weighted by molar-refractivity contribution is 7.90. The molecular weight excluding hydrogens is 793 g/mol. The van der Waals surface area contributed by atoms with Gasteiger partial charge in [-0.2, -0.15) is 0 Å². The number of amides is 3. The van der Waals surface area contributed by atoms with Gasteiger partial charge in [0, 0.05) is 89.8 Å². The van der Waals surface area contributed by atoms with Crippen molar-refractivity contribution in [1.29, 1.82) is 0 Å². The highest BCUT2D eigenvalue weighted by Gasteiger charge is 2.38. The lowest BCUT2D eigenvalue weighted by atomic mass is 9.89. The lowest BCUT2D eigenvalue weighted by Crippen LogP contribution is -2.56. The van der Waals surface area contributed by atoms with Gasteiger partial charge in [-0.1, -0.05) is 84.9 Å². The Morgan fingerprint density at radius 3 is 2.03 bits per heavy atom. The lowest BCUT2D eigenvalue weighted by Gasteiger charge is -2.44. The van der Waals surface area contributed by atoms with Crippen LogP contribution in [-0.4, -0.2) is 118 Å². The summed E-state index contributed by atoms with van der Waals surface area (Å²) in [4.78, 5) is 48.8. The van der Waals surface area contributed by atoms with Crippen molar-refractivity contribution in [2.75, 3.05) is 83.2 Å². The SMILES string of the molecule is CN1CCN(CC(C)(c2ccccc2)N(C)C(=O)Nc2ccc(S(=O)(=O)NC(=O)c3ccc(N4CCN(Cc5ccccc5-c5ccccc5)CC4)cc3)cc2[N+](=O)[O-])CC1. The number of nitro groups is 1. The molecule has 0 spiro atoms. The zero-order valence-corrected chi connectivity index (χ0v) is 35.6. The first kappa shape index (κ1) is 43.0. The summed E-state index contributed by atoms with van der Waals surface area (Å²) < 4.78 is 28.9. The van der Waals surface area contributed by atoms with E-state index in [1.165, 1.54) is 27.7 Å². The number of urea groups is 1. The van der Waals surface area contributed by atoms with Crippen molar-refractivity contribution in [3.8, 4) is 11.1 Å². The molecule has 0 bridgehead atoms. The van der Waals surface area contributed by atoms with Gasteiger partial charge in [-0.25, -0.2) is 17.9 Å². The first-order valence-corrected chi connectivity index (χ1v) is 21.9. The van der Waals surface area contributed by atoms with Crippen LogP contribution in [0.4, 0.5) is 21.9 Å². The number of hydrogen-bond donors (Lipinski definition) is 2. The topological polar surface area (TPSA) is 152 Å². The number of rotatable bonds is 13. The second-order valence-corrected chi connectivity index (χ2v) is 17.6. The molecule has 0 radical (unpaired) electrons. The van der Waals surface area contributed by atoms with E-state index in [4.69, 9.17) is 0 Å². The number of benzene rings is 5. The van der Waals surface area contributed by atoms with Crippen molar-refractivity contribution < 1.29 is 22.9 Å². The second kappa shape index (κ2) is 18.6. The van der Waals surface area contributed by atoms with Gasteiger partial charge in [-0.15, -0.1) is 0 Å². The molecule has 15 heteroatoms. The average Bonchev–Trinajstić information content (AvgIpc) is 3.28. The molecule has 5 aromatic rings. The number of likely N-dealkylation sites (N-methyl/N-ethyl adjacent to an activating group) is 2. The number of carbonyl (C=O) groups excluding carboxylic acids is 2. The summed E-state index contributed by atoms with van der Waals surface area (Å²) in [5.74, 6) is -0.879. The first-order valence-electron chi connectivity index (χ1n) is 20.4. The van der Waals surface area contributed by atoms with Gasteiger partial charge in [-0.05, 0) is 72.6 Å². The minimum atomic E-state index is -4.54. The summed E-state index contributed by atoms with van der Waals surface area (Å²) in [6.07, 6.45) is 0. The highest BCUT2D eigenvalue weighted by Crippen LogP contribution is 2.33. The van der Waals surface area contributed by atoms with Gasteiger partial charge >= 0.3 is 6.03 Å². The molecule has 14 nitrogen and oxygen atoms in total. The number of anilines is 2. The van der Waals surface area contributed by atoms with Gasteiger partial charge in [0.2, 0.25) is 0 Å². The Balaban J connectivity index is 0.975. The fourth-order valence-electron chi connectivity index (χ4n) is 8.01. The summed E-state index contributed by atoms with van der Waals surface area (Å²) in [5, 5.41) is 14.9. The summed E-state index contributed by atoms with van der Waals surface area (Å²) in [6, 6.07) is 37.6. The molecule has 61 heavy (non-hydrogen) atoms. The van der Waals surface area contributed by atoms with Crippen LogP contribution in [0, 0.1) is 10.1 Å². The van der Waals surface area contributed by atoms with Gasteiger partial charge in [0.1, 0.15) is 5.69 Å². The van der Waals surface area contributed by atoms with Crippen molar-refractivity contribution in [2.24, 2.45) is 0 Å². The van der Waals surface area contributed by atoms with Crippen LogP contribution in [-0.2, 0) is 22.1 Å². The molecule has 5 aromatic carbocycles. The Morgan fingerprint density at radius 1 is 0.770 bits per heavy atom. The van der Waals surface area contributed by atoms with Crippen LogP contribution in [0.15, 0.2) is 132 Å². The van der Waals surface area contributed by atoms with Gasteiger partial charge in [0.25, 0.3) is 21.6 Å². The minimum absolute atomic E-state index is 0.114. The predicted molar refractivity (Wildman–Crippen MR) is 238 cm³/mol. The summed E-state index contributed by atoms with van der Waals surface area (Å²) in [7, 11) is -0.832. The first-order chi connectivity index (χ1) is 29.3. The Morgan fingerprint density at radius 2 is 1.38 bits per heavy atom. The number of nitrogens with one attached hydrogen (secondary N) is 2. The Hall–Kier alpha value is -6.13. The lowest BCUT2D eigenvalue weighted by molar-refractivity contribution is -0.384. The van der Waals surface area contributed by atoms with Crippen molar-refractivity contribution in [3.05, 3.63) is 154 Å². The van der Waals surface area contributed by atoms with E-state index in [-0.39, 0.29) is 11.3 Å². The number of nitro benzene ring substituents is 1. The van der Waals surface area contributed by atoms with E-state index in [2.05, 4.69) is 68.4 Å². The number of piperazine rings is 2. The van der Waals surface area contributed by atoms with Crippen LogP contribution in [0.3, 0.4) is 0 Å². The molecule has 2 N–H and O–H groups in total. The zero-order chi connectivity index (χ0) is 43.1. The quantitative estimate of drug-likeness (QED) is 0.102. The molecule has 2 aliphatic rings. The third-order valence-corrected chi connectivity index (χ3v) is 13.2. The molecule has 0 aromatic heterocycles. The molecule has 1 atom stereocenters. The van der Waals surface area contributed by atoms with Gasteiger partial charge in [0.05, 0.1) is 15.4 Å². The van der Waals surface area contributed by atoms with Crippen LogP contribution in [0.2, 0.25) is 0 Å². The monoisotopic (exact) mass is 844 g/mol. The highest BCUT2D eigenvalue weighted by atomic mass is 32.2. The Labute approximate surface area is 357 Å². The molecule has 3 amide bonds. The molecule has 2 aliphatic heterocycles. The zero-order valence-electron chi connectivity index (χ0n) is 34.7. The smallest absolute Gasteiger partial charge is 0.322 e. The average molecular weight is 845 g/mol. The van der Waals surface area contributed by atoms with E-state index in [1.54, 1.807) is 31.3 Å². The van der Waals surface area contributed by atoms with Crippen LogP contribution < -0.4 is 14.9 Å². The standard InChI is InChI=1S/C46H52N8O6S/c1-46(38-15-8-5-9-16-38,34-52-26-24-49(2)25-27-52)50(3)45(56)47-42-23-22-40(32-43(42)54(57)58)61(59,60)48-44(55)36-18-20-39(21-19-36)53-30-28-51(29-31-53)33-37-14-10-11-17-41(37)35-12-6-4-7-13-35/h4-23,32H,24-31,33-34H2,1-3H3,(H,47,56)(H,48,55). The summed E-state index contributed by atoms with van der Waals surface area (Å²) >= 11 is 0. The second-order valence-electron chi connectivity index (χ2n) is 15.9. The third kappa shape index (κ3) is 10.1. The molecule has 2 saturated heterocycles. The summed E-state index contributed by atoms with van der Waals surface area (Å²) in [6.45, 7) is 9.98. The van der Waals surface area contributed by atoms with E-state index in [9.17, 15) is 28.1 Å². The minimum Gasteiger partial charge on any atom is -0.369 e. The maximum Gasteiger partial charge on any atom is 0.322 e. The maximum atomic E-state index is 13.8. The van der Waals surface area contributed by atoms with Gasteiger partial charge < -0.3 is 20.0 Å². The van der Waals surface area contributed by atoms with Gasteiger partial charge in [0.15, 0.2) is 0 Å². The molecule has 2 heterocycles. The number of hydrogen-bond acceptors (Lipinski definition) is 10. The van der Waals surface area contributed by atoms with E-state index < -0.39 is 43.0 Å². The van der Waals surface area contributed by atoms with Crippen LogP contribution in [0.1, 0.15) is 28.4 Å². The van der Waals surface area contributed by atoms with Crippen molar-refractivity contribution in [2.45, 2.75) is 23.9 Å². The van der Waals surface area contributed by atoms with Crippen LogP contribution in [0.25, 0.3) is 11.1 Å². The van der Waals surface area contributed by atoms with Crippen molar-refractivity contribution in [1.82, 2.24) is 24.3 Å². The Kier molecular flexibility index (Phi) is 13.1. The van der Waals surface area contributed by atoms with Crippen LogP contribution >= 0.6 is 0 Å². The fraction of sp³-hybridized carbons (Fsp3) is 0.304. The van der Waals surface area contributed by atoms with Crippen molar-refractivity contribution in [3.63, 3.8) is 0 Å². The number of carbonyl (C=O) groups is 2. The predicted octanol–water partition coefficient (Wildman–Crippen LogP) is 6.33. The van der Waals surface area contributed by atoms with E-state index in [0.717, 1.165) is 82.3 Å². The summed E-state index contributed by atoms with van der Waals surface area (Å²) in [5.41, 5.74) is 3.97. The molecule has 0 saturated carbocycles. The normalized spacial score (nSPS) is 16.3. The molecular formula is C46H52N8O6S. The molecule has 7 rings (SSSR count). The number of sulfonamides is 1. The maximum absolute atomic E-state index is 13.8. The van der Waals surface area contributed by atoms with Crippen LogP contribution in [0.5, 0.6) is 0 Å². The molecule has 2 fully saturated rings. The molecule has 318 valence electrons. The third-order valence-electron chi connectivity index (χ3n) is 11.9. The van der Waals surface area contributed by atoms with Gasteiger partial charge in [-0.3, -0.25) is 24.7 Å². The van der Waals surface area contributed by atoms with E-state index in [1.807, 2.05) is 60.2 Å². The van der Waals surface area contributed by atoms with E-state index in [0.29, 0.717) is 6.54 Å². The largest absolute Gasteiger partial charge is 0.369 e. The number of nitrogens with zero attached hydrogens (tertiary/aromatic N) is 6. The molecule has 0 aliphatic carbocycles.